The van der Waals surface area contributed by atoms with E-state index in [-0.39, 0.29) is 23.9 Å². The number of fused-ring (bicyclic) bond motifs is 3. The number of rotatable bonds is 4. The molecule has 0 radical (unpaired) electrons. The average molecular weight is 355 g/mol. The highest BCUT2D eigenvalue weighted by atomic mass is 16.2. The lowest BCUT2D eigenvalue weighted by atomic mass is 10.1. The van der Waals surface area contributed by atoms with Crippen molar-refractivity contribution in [1.29, 1.82) is 0 Å². The van der Waals surface area contributed by atoms with Crippen LogP contribution in [0, 0.1) is 0 Å². The van der Waals surface area contributed by atoms with Crippen molar-refractivity contribution in [3.8, 4) is 0 Å². The lowest BCUT2D eigenvalue weighted by molar-refractivity contribution is -0.122. The molecule has 8 heteroatoms. The minimum absolute atomic E-state index is 0.0133. The quantitative estimate of drug-likeness (QED) is 0.665. The zero-order valence-electron chi connectivity index (χ0n) is 14.5. The number of aromatic nitrogens is 1. The van der Waals surface area contributed by atoms with Crippen molar-refractivity contribution in [2.24, 2.45) is 0 Å². The molecule has 136 valence electrons. The molecule has 1 aromatic carbocycles. The zero-order chi connectivity index (χ0) is 18.3. The third kappa shape index (κ3) is 3.10. The Balaban J connectivity index is 1.65. The Morgan fingerprint density at radius 2 is 2.08 bits per heavy atom. The van der Waals surface area contributed by atoms with E-state index in [0.29, 0.717) is 30.4 Å². The number of anilines is 1. The van der Waals surface area contributed by atoms with Crippen LogP contribution in [0.3, 0.4) is 0 Å². The molecule has 2 aliphatic rings. The summed E-state index contributed by atoms with van der Waals surface area (Å²) in [6, 6.07) is 7.17. The molecule has 1 aliphatic heterocycles. The second-order valence-corrected chi connectivity index (χ2v) is 6.79. The van der Waals surface area contributed by atoms with Gasteiger partial charge in [-0.2, -0.15) is 0 Å². The summed E-state index contributed by atoms with van der Waals surface area (Å²) in [6.45, 7) is 0.423. The minimum Gasteiger partial charge on any atom is -0.353 e. The molecule has 1 unspecified atom stereocenters. The third-order valence-electron chi connectivity index (χ3n) is 4.78. The summed E-state index contributed by atoms with van der Waals surface area (Å²) in [4.78, 5) is 36.0. The monoisotopic (exact) mass is 355 g/mol. The fourth-order valence-corrected chi connectivity index (χ4v) is 3.36. The molecular formula is C18H21N5O3. The topological polar surface area (TPSA) is 104 Å². The SMILES string of the molecule is CNC(=O)Nc1ccc2c(c1)cc1n2C(CC(=O)NC2CC2)CNC1=O. The van der Waals surface area contributed by atoms with Crippen LogP contribution < -0.4 is 21.3 Å². The maximum Gasteiger partial charge on any atom is 0.318 e. The highest BCUT2D eigenvalue weighted by molar-refractivity contribution is 6.01. The molecule has 26 heavy (non-hydrogen) atoms. The maximum absolute atomic E-state index is 12.3. The number of benzene rings is 1. The lowest BCUT2D eigenvalue weighted by Crippen LogP contribution is -2.41. The first-order valence-corrected chi connectivity index (χ1v) is 8.76. The zero-order valence-corrected chi connectivity index (χ0v) is 14.5. The second kappa shape index (κ2) is 6.36. The van der Waals surface area contributed by atoms with E-state index in [1.807, 2.05) is 16.7 Å². The van der Waals surface area contributed by atoms with Crippen molar-refractivity contribution in [2.45, 2.75) is 31.3 Å². The van der Waals surface area contributed by atoms with Crippen LogP contribution >= 0.6 is 0 Å². The second-order valence-electron chi connectivity index (χ2n) is 6.79. The van der Waals surface area contributed by atoms with Crippen LogP contribution in [-0.2, 0) is 4.79 Å². The van der Waals surface area contributed by atoms with Crippen LogP contribution in [0.1, 0.15) is 35.8 Å². The summed E-state index contributed by atoms with van der Waals surface area (Å²) >= 11 is 0. The molecule has 0 saturated heterocycles. The van der Waals surface area contributed by atoms with Crippen molar-refractivity contribution in [1.82, 2.24) is 20.5 Å². The van der Waals surface area contributed by atoms with Gasteiger partial charge in [-0.1, -0.05) is 0 Å². The van der Waals surface area contributed by atoms with Crippen molar-refractivity contribution in [3.63, 3.8) is 0 Å². The first kappa shape index (κ1) is 16.4. The average Bonchev–Trinajstić information content (AvgIpc) is 3.34. The molecule has 4 amide bonds. The lowest BCUT2D eigenvalue weighted by Gasteiger charge is -2.27. The number of nitrogens with one attached hydrogen (secondary N) is 4. The molecule has 2 heterocycles. The third-order valence-corrected chi connectivity index (χ3v) is 4.78. The number of carbonyl (C=O) groups excluding carboxylic acids is 3. The van der Waals surface area contributed by atoms with Gasteiger partial charge in [0.1, 0.15) is 5.69 Å². The molecule has 4 rings (SSSR count). The van der Waals surface area contributed by atoms with Gasteiger partial charge in [-0.05, 0) is 37.1 Å². The van der Waals surface area contributed by atoms with E-state index in [1.54, 1.807) is 19.2 Å². The Morgan fingerprint density at radius 1 is 1.27 bits per heavy atom. The van der Waals surface area contributed by atoms with E-state index < -0.39 is 0 Å². The molecule has 0 spiro atoms. The van der Waals surface area contributed by atoms with Gasteiger partial charge >= 0.3 is 6.03 Å². The molecule has 1 atom stereocenters. The van der Waals surface area contributed by atoms with Gasteiger partial charge in [-0.25, -0.2) is 4.79 Å². The Hall–Kier alpha value is -3.03. The number of carbonyl (C=O) groups is 3. The number of hydrogen-bond donors (Lipinski definition) is 4. The molecule has 1 aliphatic carbocycles. The molecule has 1 saturated carbocycles. The number of urea groups is 1. The molecule has 1 aromatic heterocycles. The summed E-state index contributed by atoms with van der Waals surface area (Å²) in [5, 5.41) is 11.9. The molecule has 4 N–H and O–H groups in total. The van der Waals surface area contributed by atoms with Crippen molar-refractivity contribution in [3.05, 3.63) is 30.0 Å². The standard InChI is InChI=1S/C18H21N5O3/c1-19-18(26)22-12-4-5-14-10(6-12)7-15-17(25)20-9-13(23(14)15)8-16(24)21-11-2-3-11/h4-7,11,13H,2-3,8-9H2,1H3,(H,20,25)(H,21,24)(H2,19,22,26). The summed E-state index contributed by atoms with van der Waals surface area (Å²) in [5.41, 5.74) is 2.05. The fourth-order valence-electron chi connectivity index (χ4n) is 3.36. The van der Waals surface area contributed by atoms with Gasteiger partial charge < -0.3 is 25.8 Å². The van der Waals surface area contributed by atoms with Crippen LogP contribution in [0.25, 0.3) is 10.9 Å². The smallest absolute Gasteiger partial charge is 0.318 e. The van der Waals surface area contributed by atoms with Gasteiger partial charge in [0, 0.05) is 42.6 Å². The highest BCUT2D eigenvalue weighted by Crippen LogP contribution is 2.30. The molecule has 8 nitrogen and oxygen atoms in total. The van der Waals surface area contributed by atoms with Crippen LogP contribution in [0.4, 0.5) is 10.5 Å². The van der Waals surface area contributed by atoms with Gasteiger partial charge in [0.05, 0.1) is 6.04 Å². The predicted molar refractivity (Wildman–Crippen MR) is 97.2 cm³/mol. The van der Waals surface area contributed by atoms with E-state index in [4.69, 9.17) is 0 Å². The minimum atomic E-state index is -0.305. The normalized spacial score (nSPS) is 18.8. The van der Waals surface area contributed by atoms with Crippen LogP contribution in [0.2, 0.25) is 0 Å². The summed E-state index contributed by atoms with van der Waals surface area (Å²) in [5.74, 6) is -0.139. The molecular weight excluding hydrogens is 334 g/mol. The number of nitrogens with zero attached hydrogens (tertiary/aromatic N) is 1. The van der Waals surface area contributed by atoms with Crippen molar-refractivity contribution < 1.29 is 14.4 Å². The van der Waals surface area contributed by atoms with Gasteiger partial charge in [-0.3, -0.25) is 9.59 Å². The van der Waals surface area contributed by atoms with E-state index >= 15 is 0 Å². The highest BCUT2D eigenvalue weighted by Gasteiger charge is 2.30. The first-order chi connectivity index (χ1) is 12.5. The Labute approximate surface area is 150 Å². The predicted octanol–water partition coefficient (Wildman–Crippen LogP) is 1.35. The van der Waals surface area contributed by atoms with E-state index in [1.165, 1.54) is 0 Å². The first-order valence-electron chi connectivity index (χ1n) is 8.76. The van der Waals surface area contributed by atoms with Gasteiger partial charge in [-0.15, -0.1) is 0 Å². The van der Waals surface area contributed by atoms with E-state index in [9.17, 15) is 14.4 Å². The fraction of sp³-hybridized carbons (Fsp3) is 0.389. The Morgan fingerprint density at radius 3 is 2.81 bits per heavy atom. The van der Waals surface area contributed by atoms with E-state index in [0.717, 1.165) is 23.7 Å². The van der Waals surface area contributed by atoms with Gasteiger partial charge in [0.25, 0.3) is 5.91 Å². The summed E-state index contributed by atoms with van der Waals surface area (Å²) in [7, 11) is 1.55. The molecule has 2 aromatic rings. The van der Waals surface area contributed by atoms with Crippen LogP contribution in [-0.4, -0.2) is 42.0 Å². The summed E-state index contributed by atoms with van der Waals surface area (Å²) in [6.07, 6.45) is 2.42. The van der Waals surface area contributed by atoms with Crippen molar-refractivity contribution in [2.75, 3.05) is 18.9 Å². The molecule has 0 bridgehead atoms. The van der Waals surface area contributed by atoms with Gasteiger partial charge in [0.2, 0.25) is 5.91 Å². The Kier molecular flexibility index (Phi) is 4.02. The number of hydrogen-bond acceptors (Lipinski definition) is 3. The largest absolute Gasteiger partial charge is 0.353 e. The maximum atomic E-state index is 12.3. The Bertz CT molecular complexity index is 900. The molecule has 1 fully saturated rings. The number of amides is 4. The van der Waals surface area contributed by atoms with Crippen LogP contribution in [0.15, 0.2) is 24.3 Å². The van der Waals surface area contributed by atoms with Crippen molar-refractivity contribution >= 4 is 34.4 Å². The van der Waals surface area contributed by atoms with Gasteiger partial charge in [0.15, 0.2) is 0 Å². The van der Waals surface area contributed by atoms with E-state index in [2.05, 4.69) is 21.3 Å². The van der Waals surface area contributed by atoms with Crippen LogP contribution in [0.5, 0.6) is 0 Å². The summed E-state index contributed by atoms with van der Waals surface area (Å²) < 4.78 is 1.93.